The SMILES string of the molecule is C#Cc1ncc(OC)cc1C. The number of aromatic nitrogens is 1. The molecule has 1 rings (SSSR count). The van der Waals surface area contributed by atoms with Gasteiger partial charge in [0.15, 0.2) is 0 Å². The van der Waals surface area contributed by atoms with Crippen LogP contribution in [0.3, 0.4) is 0 Å². The minimum atomic E-state index is 0.672. The summed E-state index contributed by atoms with van der Waals surface area (Å²) in [5.41, 5.74) is 1.64. The standard InChI is InChI=1S/C9H9NO/c1-4-9-7(2)5-8(11-3)6-10-9/h1,5-6H,2-3H3. The van der Waals surface area contributed by atoms with Crippen molar-refractivity contribution in [3.8, 4) is 18.1 Å². The third-order valence-electron chi connectivity index (χ3n) is 1.43. The number of terminal acetylenes is 1. The Kier molecular flexibility index (Phi) is 2.12. The van der Waals surface area contributed by atoms with Crippen molar-refractivity contribution in [1.29, 1.82) is 0 Å². The van der Waals surface area contributed by atoms with Crippen LogP contribution in [0.25, 0.3) is 0 Å². The predicted octanol–water partition coefficient (Wildman–Crippen LogP) is 1.38. The highest BCUT2D eigenvalue weighted by Crippen LogP contribution is 2.12. The van der Waals surface area contributed by atoms with Crippen molar-refractivity contribution in [2.75, 3.05) is 7.11 Å². The highest BCUT2D eigenvalue weighted by atomic mass is 16.5. The van der Waals surface area contributed by atoms with Gasteiger partial charge in [0.2, 0.25) is 0 Å². The second-order valence-electron chi connectivity index (χ2n) is 2.18. The molecule has 0 aromatic carbocycles. The summed E-state index contributed by atoms with van der Waals surface area (Å²) >= 11 is 0. The zero-order valence-electron chi connectivity index (χ0n) is 6.59. The Morgan fingerprint density at radius 1 is 1.64 bits per heavy atom. The predicted molar refractivity (Wildman–Crippen MR) is 43.5 cm³/mol. The fourth-order valence-corrected chi connectivity index (χ4v) is 0.812. The normalized spacial score (nSPS) is 8.82. The first-order valence-electron chi connectivity index (χ1n) is 3.25. The molecule has 0 fully saturated rings. The van der Waals surface area contributed by atoms with Gasteiger partial charge in [0.1, 0.15) is 11.4 Å². The van der Waals surface area contributed by atoms with Gasteiger partial charge in [-0.05, 0) is 24.5 Å². The van der Waals surface area contributed by atoms with Crippen LogP contribution >= 0.6 is 0 Å². The molecule has 2 nitrogen and oxygen atoms in total. The van der Waals surface area contributed by atoms with Crippen LogP contribution in [0, 0.1) is 19.3 Å². The van der Waals surface area contributed by atoms with Crippen LogP contribution in [0.2, 0.25) is 0 Å². The van der Waals surface area contributed by atoms with Gasteiger partial charge in [0.05, 0.1) is 13.3 Å². The highest BCUT2D eigenvalue weighted by molar-refractivity contribution is 5.36. The van der Waals surface area contributed by atoms with Crippen molar-refractivity contribution in [3.05, 3.63) is 23.5 Å². The van der Waals surface area contributed by atoms with E-state index in [1.54, 1.807) is 13.3 Å². The quantitative estimate of drug-likeness (QED) is 0.560. The molecule has 0 radical (unpaired) electrons. The summed E-state index contributed by atoms with van der Waals surface area (Å²) in [6.07, 6.45) is 6.80. The summed E-state index contributed by atoms with van der Waals surface area (Å²) in [7, 11) is 1.60. The minimum Gasteiger partial charge on any atom is -0.495 e. The Balaban J connectivity index is 3.12. The Labute approximate surface area is 66.2 Å². The van der Waals surface area contributed by atoms with Crippen LogP contribution in [0.4, 0.5) is 0 Å². The maximum Gasteiger partial charge on any atom is 0.137 e. The van der Waals surface area contributed by atoms with E-state index in [1.807, 2.05) is 13.0 Å². The van der Waals surface area contributed by atoms with Gasteiger partial charge in [-0.1, -0.05) is 0 Å². The molecule has 56 valence electrons. The van der Waals surface area contributed by atoms with E-state index in [1.165, 1.54) is 0 Å². The molecule has 1 aromatic heterocycles. The molecule has 0 aliphatic carbocycles. The second-order valence-corrected chi connectivity index (χ2v) is 2.18. The van der Waals surface area contributed by atoms with Gasteiger partial charge in [0, 0.05) is 0 Å². The molecular weight excluding hydrogens is 138 g/mol. The molecule has 0 bridgehead atoms. The van der Waals surface area contributed by atoms with Crippen molar-refractivity contribution in [1.82, 2.24) is 4.98 Å². The molecule has 0 unspecified atom stereocenters. The summed E-state index contributed by atoms with van der Waals surface area (Å²) in [5.74, 6) is 3.22. The molecule has 0 aliphatic heterocycles. The van der Waals surface area contributed by atoms with Crippen LogP contribution in [-0.4, -0.2) is 12.1 Å². The number of ether oxygens (including phenoxy) is 1. The third-order valence-corrected chi connectivity index (χ3v) is 1.43. The van der Waals surface area contributed by atoms with Crippen LogP contribution < -0.4 is 4.74 Å². The summed E-state index contributed by atoms with van der Waals surface area (Å²) in [6.45, 7) is 1.91. The number of nitrogens with zero attached hydrogens (tertiary/aromatic N) is 1. The molecule has 0 amide bonds. The number of methoxy groups -OCH3 is 1. The monoisotopic (exact) mass is 147 g/mol. The lowest BCUT2D eigenvalue weighted by atomic mass is 10.2. The van der Waals surface area contributed by atoms with Gasteiger partial charge in [0.25, 0.3) is 0 Å². The summed E-state index contributed by atoms with van der Waals surface area (Å²) < 4.78 is 4.96. The van der Waals surface area contributed by atoms with Crippen LogP contribution in [0.15, 0.2) is 12.3 Å². The Morgan fingerprint density at radius 2 is 2.36 bits per heavy atom. The number of aryl methyl sites for hydroxylation is 1. The Morgan fingerprint density at radius 3 is 2.82 bits per heavy atom. The first kappa shape index (κ1) is 7.62. The zero-order valence-corrected chi connectivity index (χ0v) is 6.59. The molecule has 1 aromatic rings. The molecule has 0 saturated carbocycles. The van der Waals surface area contributed by atoms with Gasteiger partial charge in [-0.3, -0.25) is 0 Å². The van der Waals surface area contributed by atoms with Gasteiger partial charge in [-0.15, -0.1) is 6.42 Å². The Bertz CT molecular complexity index is 299. The van der Waals surface area contributed by atoms with E-state index in [0.717, 1.165) is 11.3 Å². The van der Waals surface area contributed by atoms with E-state index >= 15 is 0 Å². The van der Waals surface area contributed by atoms with E-state index < -0.39 is 0 Å². The van der Waals surface area contributed by atoms with Crippen molar-refractivity contribution in [2.24, 2.45) is 0 Å². The fourth-order valence-electron chi connectivity index (χ4n) is 0.812. The van der Waals surface area contributed by atoms with E-state index in [4.69, 9.17) is 11.2 Å². The summed E-state index contributed by atoms with van der Waals surface area (Å²) in [6, 6.07) is 1.86. The van der Waals surface area contributed by atoms with Gasteiger partial charge in [-0.25, -0.2) is 4.98 Å². The molecule has 0 saturated heterocycles. The molecule has 0 atom stereocenters. The lowest BCUT2D eigenvalue weighted by Gasteiger charge is -2.00. The number of hydrogen-bond donors (Lipinski definition) is 0. The van der Waals surface area contributed by atoms with Crippen molar-refractivity contribution in [2.45, 2.75) is 6.92 Å². The summed E-state index contributed by atoms with van der Waals surface area (Å²) in [5, 5.41) is 0. The lowest BCUT2D eigenvalue weighted by molar-refractivity contribution is 0.412. The Hall–Kier alpha value is -1.49. The van der Waals surface area contributed by atoms with E-state index in [9.17, 15) is 0 Å². The smallest absolute Gasteiger partial charge is 0.137 e. The largest absolute Gasteiger partial charge is 0.495 e. The second kappa shape index (κ2) is 3.07. The molecule has 0 N–H and O–H groups in total. The maximum absolute atomic E-state index is 5.19. The van der Waals surface area contributed by atoms with Gasteiger partial charge in [-0.2, -0.15) is 0 Å². The molecule has 11 heavy (non-hydrogen) atoms. The van der Waals surface area contributed by atoms with E-state index in [-0.39, 0.29) is 0 Å². The van der Waals surface area contributed by atoms with Gasteiger partial charge >= 0.3 is 0 Å². The first-order valence-corrected chi connectivity index (χ1v) is 3.25. The molecule has 1 heterocycles. The number of hydrogen-bond acceptors (Lipinski definition) is 2. The number of rotatable bonds is 1. The topological polar surface area (TPSA) is 22.1 Å². The first-order chi connectivity index (χ1) is 5.27. The fraction of sp³-hybridized carbons (Fsp3) is 0.222. The number of pyridine rings is 1. The lowest BCUT2D eigenvalue weighted by Crippen LogP contribution is -1.90. The van der Waals surface area contributed by atoms with E-state index in [2.05, 4.69) is 10.9 Å². The average molecular weight is 147 g/mol. The van der Waals surface area contributed by atoms with E-state index in [0.29, 0.717) is 5.69 Å². The summed E-state index contributed by atoms with van der Waals surface area (Å²) in [4.78, 5) is 4.01. The van der Waals surface area contributed by atoms with Crippen LogP contribution in [0.1, 0.15) is 11.3 Å². The van der Waals surface area contributed by atoms with Crippen LogP contribution in [0.5, 0.6) is 5.75 Å². The van der Waals surface area contributed by atoms with Crippen LogP contribution in [-0.2, 0) is 0 Å². The van der Waals surface area contributed by atoms with Crippen molar-refractivity contribution in [3.63, 3.8) is 0 Å². The average Bonchev–Trinajstić information content (AvgIpc) is 2.04. The molecule has 0 aliphatic rings. The third kappa shape index (κ3) is 1.50. The van der Waals surface area contributed by atoms with Gasteiger partial charge < -0.3 is 4.74 Å². The molecular formula is C9H9NO. The molecule has 0 spiro atoms. The van der Waals surface area contributed by atoms with Crippen molar-refractivity contribution < 1.29 is 4.74 Å². The highest BCUT2D eigenvalue weighted by Gasteiger charge is 1.97. The maximum atomic E-state index is 5.19. The zero-order chi connectivity index (χ0) is 8.27. The minimum absolute atomic E-state index is 0.672. The van der Waals surface area contributed by atoms with Crippen molar-refractivity contribution >= 4 is 0 Å². The molecule has 2 heteroatoms.